The number of nitrogens with one attached hydrogen (secondary N) is 1. The van der Waals surface area contributed by atoms with E-state index in [2.05, 4.69) is 130 Å². The Morgan fingerprint density at radius 3 is 1.52 bits per heavy atom. The maximum absolute atomic E-state index is 14.1. The number of ether oxygens (including phenoxy) is 8. The van der Waals surface area contributed by atoms with Crippen molar-refractivity contribution in [2.75, 3.05) is 13.2 Å². The van der Waals surface area contributed by atoms with Crippen molar-refractivity contribution in [3.63, 3.8) is 0 Å². The average molecular weight is 1240 g/mol. The van der Waals surface area contributed by atoms with Gasteiger partial charge in [0.2, 0.25) is 5.91 Å². The molecule has 12 nitrogen and oxygen atoms in total. The van der Waals surface area contributed by atoms with Crippen LogP contribution < -0.4 is 15.7 Å². The highest BCUT2D eigenvalue weighted by molar-refractivity contribution is 7.99. The number of aryl methyl sites for hydroxylation is 1. The first-order valence-electron chi connectivity index (χ1n) is 30.9. The Morgan fingerprint density at radius 1 is 0.489 bits per heavy atom. The number of carbonyl (C=O) groups excluding carboxylic acids is 2. The summed E-state index contributed by atoms with van der Waals surface area (Å²) in [4.78, 5) is 29.1. The molecule has 10 atom stereocenters. The highest BCUT2D eigenvalue weighted by atomic mass is 32.2. The molecule has 11 rings (SSSR count). The van der Waals surface area contributed by atoms with Crippen LogP contribution in [0.1, 0.15) is 65.9 Å². The van der Waals surface area contributed by atoms with E-state index < -0.39 is 79.8 Å². The number of thioether (sulfide) groups is 1. The van der Waals surface area contributed by atoms with Crippen molar-refractivity contribution < 1.29 is 51.9 Å². The lowest BCUT2D eigenvalue weighted by Gasteiger charge is -2.51. The second kappa shape index (κ2) is 30.5. The lowest BCUT2D eigenvalue weighted by atomic mass is 9.94. The van der Waals surface area contributed by atoms with E-state index in [1.54, 1.807) is 36.0 Å². The van der Waals surface area contributed by atoms with Crippen molar-refractivity contribution >= 4 is 53.1 Å². The topological polar surface area (TPSA) is 129 Å². The number of hydrogen-bond acceptors (Lipinski definition) is 12. The van der Waals surface area contributed by atoms with Gasteiger partial charge >= 0.3 is 5.97 Å². The molecule has 1 N–H and O–H groups in total. The number of fused-ring (bicyclic) bond motifs is 1. The molecule has 0 bridgehead atoms. The third kappa shape index (κ3) is 15.9. The van der Waals surface area contributed by atoms with Gasteiger partial charge in [0, 0.05) is 11.8 Å². The average Bonchev–Trinajstić information content (AvgIpc) is 0.825. The minimum absolute atomic E-state index is 0.0284. The highest BCUT2D eigenvalue weighted by Crippen LogP contribution is 2.43. The van der Waals surface area contributed by atoms with Crippen molar-refractivity contribution in [1.29, 1.82) is 0 Å². The number of benzene rings is 9. The summed E-state index contributed by atoms with van der Waals surface area (Å²) in [7, 11) is -3.29. The molecule has 0 spiro atoms. The number of rotatable bonds is 25. The van der Waals surface area contributed by atoms with Crippen LogP contribution in [0.2, 0.25) is 5.04 Å². The van der Waals surface area contributed by atoms with Crippen molar-refractivity contribution in [3.8, 4) is 0 Å². The maximum Gasteiger partial charge on any atom is 0.338 e. The summed E-state index contributed by atoms with van der Waals surface area (Å²) in [6.07, 6.45) is -7.97. The second-order valence-electron chi connectivity index (χ2n) is 24.0. The van der Waals surface area contributed by atoms with E-state index in [1.807, 2.05) is 127 Å². The normalized spacial score (nSPS) is 22.0. The SMILES string of the molecule is CC(=O)N[C@H]1[C@@H](O[C@H]2[C@H](OCc3ccccc3)[C@@H](OCc3ccccc3)[C@H](Sc3ccc(C)cc3)O[C@@H]2CO[Si](c2ccccc2)(c2ccccc2)C(C)(C)C)O[C@H](COC(=O)c2ccccc2)[C@@H](OCc2ccc3ccccc3c2)[C@@H]1OCc1ccccc1. The summed E-state index contributed by atoms with van der Waals surface area (Å²) in [5.74, 6) is -0.920. The summed E-state index contributed by atoms with van der Waals surface area (Å²) in [5.41, 5.74) is 4.46. The third-order valence-corrected chi connectivity index (χ3v) is 22.7. The Kier molecular flexibility index (Phi) is 21.7. The highest BCUT2D eigenvalue weighted by Gasteiger charge is 2.57. The van der Waals surface area contributed by atoms with Gasteiger partial charge in [-0.15, -0.1) is 0 Å². The molecule has 0 saturated carbocycles. The van der Waals surface area contributed by atoms with Gasteiger partial charge in [0.1, 0.15) is 60.8 Å². The van der Waals surface area contributed by atoms with Crippen LogP contribution >= 0.6 is 11.8 Å². The van der Waals surface area contributed by atoms with Crippen LogP contribution in [0.5, 0.6) is 0 Å². The molecule has 2 aliphatic heterocycles. The Balaban J connectivity index is 1.06. The Hall–Kier alpha value is -7.57. The standard InChI is InChI=1S/C76H79NO11SSi/c1-53-40-44-62(45-41-53)89-75-72(83-49-57-30-16-8-17-31-57)71(82-48-56-28-14-7-15-29-56)69(66(87-75)52-85-90(76(3,4)5,63-36-20-10-21-37-63)64-38-22-11-23-39-64)88-74-67(77-54(2)78)70(81-47-55-26-12-6-13-27-55)68(65(86-74)51-84-73(79)60-33-18-9-19-34-60)80-50-58-42-43-59-32-24-25-35-61(59)46-58/h6-46,65-72,74-75H,47-52H2,1-5H3,(H,77,78)/t65-,66-,67-,68-,69-,70-,71+,72-,74-,75+/m1/s1. The van der Waals surface area contributed by atoms with Crippen molar-refractivity contribution in [1.82, 2.24) is 5.32 Å². The van der Waals surface area contributed by atoms with Crippen LogP contribution in [-0.4, -0.2) is 93.9 Å². The van der Waals surface area contributed by atoms with Gasteiger partial charge < -0.3 is 47.6 Å². The molecule has 9 aromatic rings. The minimum Gasteiger partial charge on any atom is -0.459 e. The van der Waals surface area contributed by atoms with Crippen molar-refractivity contribution in [2.45, 2.75) is 131 Å². The van der Waals surface area contributed by atoms with Crippen molar-refractivity contribution in [3.05, 3.63) is 282 Å². The summed E-state index contributed by atoms with van der Waals surface area (Å²) in [5, 5.41) is 7.13. The third-order valence-electron chi connectivity index (χ3n) is 16.6. The molecule has 9 aromatic carbocycles. The molecule has 2 saturated heterocycles. The van der Waals surface area contributed by atoms with Crippen LogP contribution in [0.4, 0.5) is 0 Å². The van der Waals surface area contributed by atoms with E-state index >= 15 is 0 Å². The molecule has 464 valence electrons. The van der Waals surface area contributed by atoms with Crippen LogP contribution in [-0.2, 0) is 73.5 Å². The van der Waals surface area contributed by atoms with E-state index in [0.717, 1.165) is 53.9 Å². The van der Waals surface area contributed by atoms with Gasteiger partial charge in [0.05, 0.1) is 38.6 Å². The van der Waals surface area contributed by atoms with E-state index in [-0.39, 0.29) is 45.5 Å². The zero-order chi connectivity index (χ0) is 62.3. The van der Waals surface area contributed by atoms with Crippen LogP contribution in [0.15, 0.2) is 254 Å². The predicted molar refractivity (Wildman–Crippen MR) is 355 cm³/mol. The van der Waals surface area contributed by atoms with Gasteiger partial charge in [-0.05, 0) is 85.7 Å². The van der Waals surface area contributed by atoms with Crippen molar-refractivity contribution in [2.24, 2.45) is 0 Å². The minimum atomic E-state index is -3.29. The fourth-order valence-electron chi connectivity index (χ4n) is 12.1. The molecule has 0 aromatic heterocycles. The van der Waals surface area contributed by atoms with Crippen LogP contribution in [0.3, 0.4) is 0 Å². The lowest BCUT2D eigenvalue weighted by molar-refractivity contribution is -0.332. The Labute approximate surface area is 534 Å². The fraction of sp³-hybridized carbons (Fsp3) is 0.289. The van der Waals surface area contributed by atoms with Gasteiger partial charge in [-0.2, -0.15) is 0 Å². The lowest BCUT2D eigenvalue weighted by Crippen LogP contribution is -2.70. The summed E-state index contributed by atoms with van der Waals surface area (Å²) in [6, 6.07) is 81.4. The number of hydrogen-bond donors (Lipinski definition) is 1. The van der Waals surface area contributed by atoms with E-state index in [0.29, 0.717) is 5.56 Å². The maximum atomic E-state index is 14.1. The molecule has 0 aliphatic carbocycles. The smallest absolute Gasteiger partial charge is 0.338 e. The van der Waals surface area contributed by atoms with Gasteiger partial charge in [-0.25, -0.2) is 4.79 Å². The molecule has 2 aliphatic rings. The van der Waals surface area contributed by atoms with Crippen LogP contribution in [0.25, 0.3) is 10.8 Å². The predicted octanol–water partition coefficient (Wildman–Crippen LogP) is 13.4. The van der Waals surface area contributed by atoms with E-state index in [4.69, 9.17) is 42.3 Å². The van der Waals surface area contributed by atoms with E-state index in [1.165, 1.54) is 6.92 Å². The largest absolute Gasteiger partial charge is 0.459 e. The molecule has 0 unspecified atom stereocenters. The van der Waals surface area contributed by atoms with Gasteiger partial charge in [-0.1, -0.05) is 256 Å². The molecule has 90 heavy (non-hydrogen) atoms. The van der Waals surface area contributed by atoms with Crippen LogP contribution in [0, 0.1) is 6.92 Å². The molecule has 14 heteroatoms. The summed E-state index contributed by atoms with van der Waals surface area (Å²) < 4.78 is 65.7. The molecule has 2 heterocycles. The van der Waals surface area contributed by atoms with Gasteiger partial charge in [0.25, 0.3) is 8.32 Å². The quantitative estimate of drug-likeness (QED) is 0.0432. The monoisotopic (exact) mass is 1240 g/mol. The molecular formula is C76H79NO11SSi. The van der Waals surface area contributed by atoms with Gasteiger partial charge in [0.15, 0.2) is 6.29 Å². The molecule has 1 amide bonds. The first-order chi connectivity index (χ1) is 43.9. The first-order valence-corrected chi connectivity index (χ1v) is 33.7. The number of carbonyl (C=O) groups is 2. The number of esters is 1. The molecule has 2 fully saturated rings. The Morgan fingerprint density at radius 2 is 0.967 bits per heavy atom. The second-order valence-corrected chi connectivity index (χ2v) is 29.5. The number of amides is 1. The van der Waals surface area contributed by atoms with E-state index in [9.17, 15) is 9.59 Å². The first kappa shape index (κ1) is 64.0. The van der Waals surface area contributed by atoms with Gasteiger partial charge in [-0.3, -0.25) is 4.79 Å². The Bertz CT molecular complexity index is 3640. The molecular weight excluding hydrogens is 1160 g/mol. The molecule has 0 radical (unpaired) electrons. The summed E-state index contributed by atoms with van der Waals surface area (Å²) in [6.45, 7) is 10.7. The fourth-order valence-corrected chi connectivity index (χ4v) is 17.8. The zero-order valence-electron chi connectivity index (χ0n) is 51.6. The zero-order valence-corrected chi connectivity index (χ0v) is 53.4. The summed E-state index contributed by atoms with van der Waals surface area (Å²) >= 11 is 1.55.